The highest BCUT2D eigenvalue weighted by atomic mass is 14.3. The van der Waals surface area contributed by atoms with E-state index in [1.54, 1.807) is 0 Å². The van der Waals surface area contributed by atoms with Crippen LogP contribution in [0, 0.1) is 35.5 Å². The molecule has 0 spiro atoms. The molecule has 1 atom stereocenters. The molecule has 0 aliphatic rings. The minimum absolute atomic E-state index is 0.180. The van der Waals surface area contributed by atoms with Gasteiger partial charge in [-0.3, -0.25) is 0 Å². The van der Waals surface area contributed by atoms with E-state index in [9.17, 15) is 0 Å². The van der Waals surface area contributed by atoms with Gasteiger partial charge in [-0.15, -0.1) is 0 Å². The van der Waals surface area contributed by atoms with E-state index in [0.717, 1.165) is 5.56 Å². The Balaban J connectivity index is 2.74. The summed E-state index contributed by atoms with van der Waals surface area (Å²) in [5.41, 5.74) is 2.35. The van der Waals surface area contributed by atoms with E-state index >= 15 is 0 Å². The Morgan fingerprint density at radius 3 is 2.57 bits per heavy atom. The van der Waals surface area contributed by atoms with Crippen molar-refractivity contribution in [2.75, 3.05) is 0 Å². The molecule has 0 unspecified atom stereocenters. The highest BCUT2D eigenvalue weighted by Crippen LogP contribution is 2.14. The van der Waals surface area contributed by atoms with Gasteiger partial charge >= 0.3 is 0 Å². The quantitative estimate of drug-likeness (QED) is 0.724. The molecule has 0 heterocycles. The standard InChI is InChI=1S/C12H12N2/c1-10-4-2-3-5-12(10)8-11(9-14)6-7-13/h2-5,11H,6,8H2,1H3/t11-/m0/s1. The summed E-state index contributed by atoms with van der Waals surface area (Å²) in [5.74, 6) is -0.180. The summed E-state index contributed by atoms with van der Waals surface area (Å²) in [6.07, 6.45) is 0.988. The van der Waals surface area contributed by atoms with Gasteiger partial charge in [-0.2, -0.15) is 10.5 Å². The van der Waals surface area contributed by atoms with Gasteiger partial charge in [0.15, 0.2) is 0 Å². The molecule has 0 bridgehead atoms. The number of hydrogen-bond donors (Lipinski definition) is 0. The Morgan fingerprint density at radius 1 is 1.29 bits per heavy atom. The Bertz CT molecular complexity index is 382. The summed E-state index contributed by atoms with van der Waals surface area (Å²) < 4.78 is 0. The predicted octanol–water partition coefficient (Wildman–Crippen LogP) is 2.59. The highest BCUT2D eigenvalue weighted by molar-refractivity contribution is 5.26. The Morgan fingerprint density at radius 2 is 2.00 bits per heavy atom. The third kappa shape index (κ3) is 2.61. The lowest BCUT2D eigenvalue weighted by Crippen LogP contribution is -2.02. The van der Waals surface area contributed by atoms with Crippen molar-refractivity contribution in [1.29, 1.82) is 10.5 Å². The lowest BCUT2D eigenvalue weighted by Gasteiger charge is -2.07. The van der Waals surface area contributed by atoms with Crippen LogP contribution in [0.2, 0.25) is 0 Å². The smallest absolute Gasteiger partial charge is 0.0670 e. The van der Waals surface area contributed by atoms with E-state index in [0.29, 0.717) is 12.8 Å². The molecule has 0 N–H and O–H groups in total. The van der Waals surface area contributed by atoms with Crippen molar-refractivity contribution in [2.24, 2.45) is 5.92 Å². The second-order valence-electron chi connectivity index (χ2n) is 3.32. The molecule has 0 saturated carbocycles. The highest BCUT2D eigenvalue weighted by Gasteiger charge is 2.08. The van der Waals surface area contributed by atoms with Gasteiger partial charge in [0.25, 0.3) is 0 Å². The molecule has 0 amide bonds. The van der Waals surface area contributed by atoms with Gasteiger partial charge in [0.2, 0.25) is 0 Å². The van der Waals surface area contributed by atoms with Crippen molar-refractivity contribution >= 4 is 0 Å². The molecular formula is C12H12N2. The van der Waals surface area contributed by atoms with Crippen LogP contribution in [0.5, 0.6) is 0 Å². The molecule has 0 saturated heterocycles. The van der Waals surface area contributed by atoms with Crippen LogP contribution >= 0.6 is 0 Å². The van der Waals surface area contributed by atoms with Crippen LogP contribution in [0.3, 0.4) is 0 Å². The summed E-state index contributed by atoms with van der Waals surface area (Å²) >= 11 is 0. The third-order valence-corrected chi connectivity index (χ3v) is 2.25. The van der Waals surface area contributed by atoms with Crippen LogP contribution in [-0.4, -0.2) is 0 Å². The zero-order valence-corrected chi connectivity index (χ0v) is 8.20. The lowest BCUT2D eigenvalue weighted by atomic mass is 9.95. The Labute approximate surface area is 84.4 Å². The van der Waals surface area contributed by atoms with Crippen molar-refractivity contribution in [3.05, 3.63) is 35.4 Å². The number of hydrogen-bond acceptors (Lipinski definition) is 2. The second-order valence-corrected chi connectivity index (χ2v) is 3.32. The Kier molecular flexibility index (Phi) is 3.70. The topological polar surface area (TPSA) is 47.6 Å². The number of aryl methyl sites for hydroxylation is 1. The minimum atomic E-state index is -0.180. The van der Waals surface area contributed by atoms with Crippen LogP contribution in [0.4, 0.5) is 0 Å². The van der Waals surface area contributed by atoms with Crippen molar-refractivity contribution < 1.29 is 0 Å². The third-order valence-electron chi connectivity index (χ3n) is 2.25. The van der Waals surface area contributed by atoms with Gasteiger partial charge in [-0.1, -0.05) is 24.3 Å². The molecule has 1 aromatic carbocycles. The van der Waals surface area contributed by atoms with Crippen LogP contribution in [0.25, 0.3) is 0 Å². The maximum Gasteiger partial charge on any atom is 0.0670 e. The van der Waals surface area contributed by atoms with Crippen LogP contribution in [0.1, 0.15) is 17.5 Å². The molecule has 1 aromatic rings. The van der Waals surface area contributed by atoms with Crippen LogP contribution in [0.15, 0.2) is 24.3 Å². The monoisotopic (exact) mass is 184 g/mol. The summed E-state index contributed by atoms with van der Waals surface area (Å²) in [6.45, 7) is 2.02. The molecule has 14 heavy (non-hydrogen) atoms. The minimum Gasteiger partial charge on any atom is -0.198 e. The molecule has 0 radical (unpaired) electrons. The van der Waals surface area contributed by atoms with Gasteiger partial charge in [0, 0.05) is 0 Å². The fourth-order valence-electron chi connectivity index (χ4n) is 1.38. The van der Waals surface area contributed by atoms with Gasteiger partial charge in [-0.05, 0) is 24.5 Å². The normalized spacial score (nSPS) is 11.4. The molecular weight excluding hydrogens is 172 g/mol. The Hall–Kier alpha value is -1.80. The van der Waals surface area contributed by atoms with E-state index in [4.69, 9.17) is 10.5 Å². The average Bonchev–Trinajstić information content (AvgIpc) is 2.20. The zero-order chi connectivity index (χ0) is 10.4. The summed E-state index contributed by atoms with van der Waals surface area (Å²) in [5, 5.41) is 17.3. The molecule has 2 heteroatoms. The van der Waals surface area contributed by atoms with E-state index in [1.165, 1.54) is 5.56 Å². The number of nitrogens with zero attached hydrogens (tertiary/aromatic N) is 2. The number of benzene rings is 1. The van der Waals surface area contributed by atoms with E-state index in [2.05, 4.69) is 6.07 Å². The first-order valence-corrected chi connectivity index (χ1v) is 4.59. The zero-order valence-electron chi connectivity index (χ0n) is 8.20. The maximum absolute atomic E-state index is 8.81. The van der Waals surface area contributed by atoms with Crippen molar-refractivity contribution in [3.8, 4) is 12.1 Å². The van der Waals surface area contributed by atoms with Gasteiger partial charge in [0.05, 0.1) is 24.5 Å². The second kappa shape index (κ2) is 5.04. The van der Waals surface area contributed by atoms with Crippen LogP contribution in [-0.2, 0) is 6.42 Å². The van der Waals surface area contributed by atoms with Gasteiger partial charge in [-0.25, -0.2) is 0 Å². The number of rotatable bonds is 3. The van der Waals surface area contributed by atoms with E-state index in [1.807, 2.05) is 37.3 Å². The van der Waals surface area contributed by atoms with Crippen molar-refractivity contribution in [2.45, 2.75) is 19.8 Å². The first-order valence-electron chi connectivity index (χ1n) is 4.59. The van der Waals surface area contributed by atoms with Crippen molar-refractivity contribution in [1.82, 2.24) is 0 Å². The molecule has 0 aliphatic heterocycles. The fourth-order valence-corrected chi connectivity index (χ4v) is 1.38. The van der Waals surface area contributed by atoms with Gasteiger partial charge < -0.3 is 0 Å². The lowest BCUT2D eigenvalue weighted by molar-refractivity contribution is 0.678. The molecule has 0 aliphatic carbocycles. The SMILES string of the molecule is Cc1ccccc1C[C@@H](C#N)CC#N. The maximum atomic E-state index is 8.81. The largest absolute Gasteiger partial charge is 0.198 e. The molecule has 0 fully saturated rings. The summed E-state index contributed by atoms with van der Waals surface area (Å²) in [4.78, 5) is 0. The van der Waals surface area contributed by atoms with Crippen LogP contribution < -0.4 is 0 Å². The van der Waals surface area contributed by atoms with E-state index in [-0.39, 0.29) is 5.92 Å². The molecule has 70 valence electrons. The fraction of sp³-hybridized carbons (Fsp3) is 0.333. The summed E-state index contributed by atoms with van der Waals surface area (Å²) in [6, 6.07) is 12.2. The first kappa shape index (κ1) is 10.3. The summed E-state index contributed by atoms with van der Waals surface area (Å²) in [7, 11) is 0. The first-order chi connectivity index (χ1) is 6.77. The number of nitriles is 2. The average molecular weight is 184 g/mol. The molecule has 2 nitrogen and oxygen atoms in total. The molecule has 1 rings (SSSR count). The predicted molar refractivity (Wildman–Crippen MR) is 54.2 cm³/mol. The van der Waals surface area contributed by atoms with Crippen molar-refractivity contribution in [3.63, 3.8) is 0 Å². The van der Waals surface area contributed by atoms with Gasteiger partial charge in [0.1, 0.15) is 0 Å². The van der Waals surface area contributed by atoms with E-state index < -0.39 is 0 Å². The molecule has 0 aromatic heterocycles.